The van der Waals surface area contributed by atoms with Crippen molar-refractivity contribution >= 4 is 42.1 Å². The van der Waals surface area contributed by atoms with Crippen LogP contribution < -0.4 is 5.32 Å². The van der Waals surface area contributed by atoms with Gasteiger partial charge in [0.15, 0.2) is 0 Å². The molecule has 8 heteroatoms. The van der Waals surface area contributed by atoms with Crippen LogP contribution in [0.15, 0.2) is 11.6 Å². The van der Waals surface area contributed by atoms with E-state index in [0.29, 0.717) is 13.2 Å². The van der Waals surface area contributed by atoms with E-state index in [1.165, 1.54) is 0 Å². The molecule has 1 fully saturated rings. The van der Waals surface area contributed by atoms with E-state index in [0.717, 1.165) is 11.6 Å². The highest BCUT2D eigenvalue weighted by Gasteiger charge is 2.30. The number of nitrogens with zero attached hydrogens (tertiary/aromatic N) is 2. The minimum absolute atomic E-state index is 0. The Morgan fingerprint density at radius 1 is 1.63 bits per heavy atom. The molecule has 1 aromatic rings. The Morgan fingerprint density at radius 2 is 2.37 bits per heavy atom. The van der Waals surface area contributed by atoms with Gasteiger partial charge in [-0.1, -0.05) is 0 Å². The molecule has 0 aromatic carbocycles. The van der Waals surface area contributed by atoms with Gasteiger partial charge in [0.05, 0.1) is 19.3 Å². The van der Waals surface area contributed by atoms with Gasteiger partial charge >= 0.3 is 0 Å². The molecule has 0 saturated carbocycles. The van der Waals surface area contributed by atoms with Crippen LogP contribution in [-0.2, 0) is 16.1 Å². The molecule has 2 heterocycles. The number of halogens is 2. The van der Waals surface area contributed by atoms with E-state index in [4.69, 9.17) is 4.74 Å². The van der Waals surface area contributed by atoms with Crippen molar-refractivity contribution in [3.8, 4) is 0 Å². The fourth-order valence-electron chi connectivity index (χ4n) is 1.86. The Bertz CT molecular complexity index is 378. The highest BCUT2D eigenvalue weighted by molar-refractivity contribution is 7.09. The largest absolute Gasteiger partial charge is 0.375 e. The average Bonchev–Trinajstić information content (AvgIpc) is 2.81. The van der Waals surface area contributed by atoms with Crippen LogP contribution in [0, 0.1) is 0 Å². The second-order valence-electron chi connectivity index (χ2n) is 4.13. The smallest absolute Gasteiger partial charge is 0.242 e. The summed E-state index contributed by atoms with van der Waals surface area (Å²) in [5.74, 6) is 0.0624. The maximum atomic E-state index is 12.2. The zero-order chi connectivity index (χ0) is 12.3. The normalized spacial score (nSPS) is 22.0. The molecular weight excluding hydrogens is 309 g/mol. The summed E-state index contributed by atoms with van der Waals surface area (Å²) >= 11 is 1.56. The monoisotopic (exact) mass is 327 g/mol. The van der Waals surface area contributed by atoms with Crippen molar-refractivity contribution in [2.45, 2.75) is 25.6 Å². The maximum Gasteiger partial charge on any atom is 0.242 e. The Balaban J connectivity index is 0.00000162. The van der Waals surface area contributed by atoms with Crippen LogP contribution in [0.25, 0.3) is 0 Å². The number of morpholine rings is 1. The molecule has 2 atom stereocenters. The van der Waals surface area contributed by atoms with Crippen LogP contribution >= 0.6 is 36.2 Å². The first-order valence-corrected chi connectivity index (χ1v) is 6.55. The Hall–Kier alpha value is -0.400. The van der Waals surface area contributed by atoms with E-state index in [2.05, 4.69) is 10.3 Å². The average molecular weight is 328 g/mol. The van der Waals surface area contributed by atoms with Gasteiger partial charge in [-0.05, 0) is 6.92 Å². The van der Waals surface area contributed by atoms with Crippen molar-refractivity contribution in [3.63, 3.8) is 0 Å². The van der Waals surface area contributed by atoms with Crippen molar-refractivity contribution in [3.05, 3.63) is 16.6 Å². The van der Waals surface area contributed by atoms with Gasteiger partial charge in [-0.15, -0.1) is 36.2 Å². The molecule has 1 aliphatic rings. The summed E-state index contributed by atoms with van der Waals surface area (Å²) < 4.78 is 5.47. The third-order valence-electron chi connectivity index (χ3n) is 2.81. The summed E-state index contributed by atoms with van der Waals surface area (Å²) in [7, 11) is 1.80. The van der Waals surface area contributed by atoms with Gasteiger partial charge in [-0.3, -0.25) is 4.79 Å². The van der Waals surface area contributed by atoms with Gasteiger partial charge in [0.2, 0.25) is 5.91 Å². The number of ether oxygens (including phenoxy) is 1. The van der Waals surface area contributed by atoms with Gasteiger partial charge in [-0.2, -0.15) is 0 Å². The summed E-state index contributed by atoms with van der Waals surface area (Å²) in [6, 6.07) is -0.242. The molecule has 0 spiro atoms. The molecular formula is C11H19Cl2N3O2S. The third-order valence-corrected chi connectivity index (χ3v) is 3.58. The van der Waals surface area contributed by atoms with Crippen molar-refractivity contribution in [1.82, 2.24) is 15.2 Å². The minimum Gasteiger partial charge on any atom is -0.375 e. The topological polar surface area (TPSA) is 54.5 Å². The maximum absolute atomic E-state index is 12.2. The molecule has 1 aromatic heterocycles. The van der Waals surface area contributed by atoms with Crippen molar-refractivity contribution in [2.24, 2.45) is 0 Å². The molecule has 5 nitrogen and oxygen atoms in total. The van der Waals surface area contributed by atoms with E-state index >= 15 is 0 Å². The lowest BCUT2D eigenvalue weighted by Crippen LogP contribution is -2.55. The Kier molecular flexibility index (Phi) is 8.52. The molecule has 0 unspecified atom stereocenters. The Morgan fingerprint density at radius 3 is 2.95 bits per heavy atom. The fourth-order valence-corrected chi connectivity index (χ4v) is 2.53. The van der Waals surface area contributed by atoms with E-state index in [-0.39, 0.29) is 42.9 Å². The molecule has 0 aliphatic carbocycles. The highest BCUT2D eigenvalue weighted by Crippen LogP contribution is 2.11. The summed E-state index contributed by atoms with van der Waals surface area (Å²) in [5, 5.41) is 6.06. The van der Waals surface area contributed by atoms with Crippen molar-refractivity contribution in [2.75, 3.05) is 20.2 Å². The number of hydrogen-bond donors (Lipinski definition) is 1. The van der Waals surface area contributed by atoms with E-state index in [1.807, 2.05) is 12.3 Å². The molecule has 110 valence electrons. The van der Waals surface area contributed by atoms with Crippen molar-refractivity contribution < 1.29 is 9.53 Å². The summed E-state index contributed by atoms with van der Waals surface area (Å²) in [4.78, 5) is 18.1. The van der Waals surface area contributed by atoms with Gasteiger partial charge < -0.3 is 15.0 Å². The summed E-state index contributed by atoms with van der Waals surface area (Å²) in [6.45, 7) is 3.88. The SMILES string of the molecule is C[C@H]1OCCN[C@@H]1C(=O)N(C)Cc1nccs1.Cl.Cl. The number of hydrogen-bond acceptors (Lipinski definition) is 5. The quantitative estimate of drug-likeness (QED) is 0.909. The second-order valence-corrected chi connectivity index (χ2v) is 5.11. The molecule has 1 aliphatic heterocycles. The molecule has 1 amide bonds. The summed E-state index contributed by atoms with van der Waals surface area (Å²) in [5.41, 5.74) is 0. The molecule has 1 N–H and O–H groups in total. The lowest BCUT2D eigenvalue weighted by molar-refractivity contribution is -0.138. The number of thiazole rings is 1. The first-order chi connectivity index (χ1) is 8.18. The number of nitrogens with one attached hydrogen (secondary N) is 1. The van der Waals surface area contributed by atoms with Gasteiger partial charge in [0, 0.05) is 25.2 Å². The third kappa shape index (κ3) is 4.89. The molecule has 2 rings (SSSR count). The molecule has 1 saturated heterocycles. The standard InChI is InChI=1S/C11H17N3O2S.2ClH/c1-8-10(13-3-5-16-8)11(15)14(2)7-9-12-4-6-17-9;;/h4,6,8,10,13H,3,5,7H2,1-2H3;2*1H/t8-,10+;;/m1../s1. The highest BCUT2D eigenvalue weighted by atomic mass is 35.5. The van der Waals surface area contributed by atoms with E-state index < -0.39 is 0 Å². The minimum atomic E-state index is -0.242. The predicted octanol–water partition coefficient (Wildman–Crippen LogP) is 1.32. The van der Waals surface area contributed by atoms with Gasteiger partial charge in [0.1, 0.15) is 11.0 Å². The summed E-state index contributed by atoms with van der Waals surface area (Å²) in [6.07, 6.45) is 1.68. The van der Waals surface area contributed by atoms with Gasteiger partial charge in [-0.25, -0.2) is 4.98 Å². The molecule has 19 heavy (non-hydrogen) atoms. The molecule has 0 bridgehead atoms. The van der Waals surface area contributed by atoms with E-state index in [9.17, 15) is 4.79 Å². The number of carbonyl (C=O) groups is 1. The zero-order valence-electron chi connectivity index (χ0n) is 10.9. The fraction of sp³-hybridized carbons (Fsp3) is 0.636. The second kappa shape index (κ2) is 8.71. The Labute approximate surface area is 129 Å². The predicted molar refractivity (Wildman–Crippen MR) is 80.3 cm³/mol. The van der Waals surface area contributed by atoms with Crippen LogP contribution in [0.1, 0.15) is 11.9 Å². The zero-order valence-corrected chi connectivity index (χ0v) is 13.3. The van der Waals surface area contributed by atoms with Crippen molar-refractivity contribution in [1.29, 1.82) is 0 Å². The molecule has 0 radical (unpaired) electrons. The number of carbonyl (C=O) groups excluding carboxylic acids is 1. The van der Waals surface area contributed by atoms with Crippen LogP contribution in [0.2, 0.25) is 0 Å². The van der Waals surface area contributed by atoms with Crippen LogP contribution in [0.3, 0.4) is 0 Å². The number of aromatic nitrogens is 1. The van der Waals surface area contributed by atoms with E-state index in [1.54, 1.807) is 29.5 Å². The van der Waals surface area contributed by atoms with Crippen LogP contribution in [-0.4, -0.2) is 48.1 Å². The van der Waals surface area contributed by atoms with Crippen LogP contribution in [0.4, 0.5) is 0 Å². The van der Waals surface area contributed by atoms with Gasteiger partial charge in [0.25, 0.3) is 0 Å². The first-order valence-electron chi connectivity index (χ1n) is 5.67. The van der Waals surface area contributed by atoms with Crippen LogP contribution in [0.5, 0.6) is 0 Å². The number of rotatable bonds is 3. The lowest BCUT2D eigenvalue weighted by atomic mass is 10.1. The number of amides is 1. The number of likely N-dealkylation sites (N-methyl/N-ethyl adjacent to an activating group) is 1. The first kappa shape index (κ1) is 18.6. The lowest BCUT2D eigenvalue weighted by Gasteiger charge is -2.32.